The molecule has 1 aromatic rings. The Kier molecular flexibility index (Phi) is 3.99. The summed E-state index contributed by atoms with van der Waals surface area (Å²) in [6.45, 7) is 0.556. The van der Waals surface area contributed by atoms with Gasteiger partial charge in [0.1, 0.15) is 5.75 Å². The van der Waals surface area contributed by atoms with E-state index in [4.69, 9.17) is 0 Å². The van der Waals surface area contributed by atoms with E-state index in [1.54, 1.807) is 4.90 Å². The van der Waals surface area contributed by atoms with Gasteiger partial charge in [-0.25, -0.2) is 0 Å². The maximum atomic E-state index is 13.0. The van der Waals surface area contributed by atoms with Crippen LogP contribution in [0.15, 0.2) is 24.3 Å². The zero-order valence-electron chi connectivity index (χ0n) is 14.4. The van der Waals surface area contributed by atoms with E-state index in [1.807, 2.05) is 0 Å². The normalized spacial score (nSPS) is 32.3. The van der Waals surface area contributed by atoms with Gasteiger partial charge in [0.15, 0.2) is 0 Å². The number of benzene rings is 1. The molecule has 142 valence electrons. The van der Waals surface area contributed by atoms with Crippen molar-refractivity contribution in [3.8, 4) is 5.75 Å². The van der Waals surface area contributed by atoms with Gasteiger partial charge in [-0.2, -0.15) is 0 Å². The number of carbonyl (C=O) groups excluding carboxylic acids is 1. The van der Waals surface area contributed by atoms with Crippen molar-refractivity contribution in [2.24, 2.45) is 11.3 Å². The van der Waals surface area contributed by atoms with E-state index in [2.05, 4.69) is 4.74 Å². The first kappa shape index (κ1) is 17.6. The molecule has 2 saturated carbocycles. The van der Waals surface area contributed by atoms with Crippen LogP contribution in [0, 0.1) is 11.3 Å². The van der Waals surface area contributed by atoms with E-state index in [0.29, 0.717) is 43.8 Å². The number of alkyl halides is 3. The molecule has 4 rings (SSSR count). The number of rotatable bonds is 3. The Morgan fingerprint density at radius 3 is 2.19 bits per heavy atom. The summed E-state index contributed by atoms with van der Waals surface area (Å²) >= 11 is 0. The van der Waals surface area contributed by atoms with Crippen LogP contribution in [-0.2, 0) is 4.79 Å². The Hall–Kier alpha value is -1.76. The Morgan fingerprint density at radius 2 is 1.65 bits per heavy atom. The van der Waals surface area contributed by atoms with Crippen LogP contribution in [0.25, 0.3) is 0 Å². The SMILES string of the molecule is O=C1N(c2ccc(OC(F)(F)F)cc2)CC[C@]12CC[C@](O)(C1CC1)CC2. The molecule has 1 aliphatic heterocycles. The summed E-state index contributed by atoms with van der Waals surface area (Å²) < 4.78 is 40.7. The first-order valence-electron chi connectivity index (χ1n) is 9.11. The molecule has 4 nitrogen and oxygen atoms in total. The third-order valence-corrected chi connectivity index (χ3v) is 6.30. The maximum Gasteiger partial charge on any atom is 0.573 e. The molecule has 1 saturated heterocycles. The summed E-state index contributed by atoms with van der Waals surface area (Å²) in [6, 6.07) is 5.43. The smallest absolute Gasteiger partial charge is 0.406 e. The molecule has 1 N–H and O–H groups in total. The zero-order valence-corrected chi connectivity index (χ0v) is 14.4. The third-order valence-electron chi connectivity index (χ3n) is 6.30. The highest BCUT2D eigenvalue weighted by atomic mass is 19.4. The summed E-state index contributed by atoms with van der Waals surface area (Å²) in [7, 11) is 0. The van der Waals surface area contributed by atoms with Gasteiger partial charge in [-0.05, 0) is 75.1 Å². The molecule has 3 aliphatic rings. The van der Waals surface area contributed by atoms with Crippen LogP contribution >= 0.6 is 0 Å². The lowest BCUT2D eigenvalue weighted by molar-refractivity contribution is -0.274. The molecule has 1 aromatic carbocycles. The van der Waals surface area contributed by atoms with Gasteiger partial charge in [-0.1, -0.05) is 0 Å². The number of nitrogens with zero attached hydrogens (tertiary/aromatic N) is 1. The van der Waals surface area contributed by atoms with Crippen LogP contribution < -0.4 is 9.64 Å². The minimum absolute atomic E-state index is 0.0276. The van der Waals surface area contributed by atoms with Crippen molar-refractivity contribution >= 4 is 11.6 Å². The topological polar surface area (TPSA) is 49.8 Å². The molecule has 0 atom stereocenters. The summed E-state index contributed by atoms with van der Waals surface area (Å²) in [6.07, 6.45) is 0.856. The fourth-order valence-electron chi connectivity index (χ4n) is 4.55. The van der Waals surface area contributed by atoms with Gasteiger partial charge in [0.05, 0.1) is 11.0 Å². The zero-order chi connectivity index (χ0) is 18.6. The van der Waals surface area contributed by atoms with Gasteiger partial charge in [-0.3, -0.25) is 4.79 Å². The maximum absolute atomic E-state index is 13.0. The average Bonchev–Trinajstić information content (AvgIpc) is 3.38. The van der Waals surface area contributed by atoms with Crippen LogP contribution in [0.5, 0.6) is 5.75 Å². The largest absolute Gasteiger partial charge is 0.573 e. The Morgan fingerprint density at radius 1 is 1.04 bits per heavy atom. The van der Waals surface area contributed by atoms with Gasteiger partial charge < -0.3 is 14.7 Å². The van der Waals surface area contributed by atoms with Crippen LogP contribution in [0.2, 0.25) is 0 Å². The molecule has 2 aliphatic carbocycles. The van der Waals surface area contributed by atoms with Crippen LogP contribution in [-0.4, -0.2) is 29.5 Å². The van der Waals surface area contributed by atoms with Crippen molar-refractivity contribution in [2.75, 3.05) is 11.4 Å². The van der Waals surface area contributed by atoms with Crippen molar-refractivity contribution < 1.29 is 27.8 Å². The first-order valence-corrected chi connectivity index (χ1v) is 9.11. The second-order valence-corrected chi connectivity index (χ2v) is 7.91. The third kappa shape index (κ3) is 3.17. The van der Waals surface area contributed by atoms with E-state index >= 15 is 0 Å². The highest BCUT2D eigenvalue weighted by Crippen LogP contribution is 2.54. The average molecular weight is 369 g/mol. The Labute approximate surface area is 149 Å². The van der Waals surface area contributed by atoms with Gasteiger partial charge in [0, 0.05) is 12.2 Å². The number of ether oxygens (including phenoxy) is 1. The molecule has 0 aromatic heterocycles. The molecule has 1 amide bonds. The number of hydrogen-bond acceptors (Lipinski definition) is 3. The highest BCUT2D eigenvalue weighted by molar-refractivity contribution is 6.00. The van der Waals surface area contributed by atoms with Crippen molar-refractivity contribution in [1.29, 1.82) is 0 Å². The lowest BCUT2D eigenvalue weighted by atomic mass is 9.66. The van der Waals surface area contributed by atoms with Gasteiger partial charge in [0.25, 0.3) is 0 Å². The minimum Gasteiger partial charge on any atom is -0.406 e. The van der Waals surface area contributed by atoms with Gasteiger partial charge >= 0.3 is 6.36 Å². The minimum atomic E-state index is -4.73. The van der Waals surface area contributed by atoms with Crippen LogP contribution in [0.1, 0.15) is 44.9 Å². The quantitative estimate of drug-likeness (QED) is 0.875. The van der Waals surface area contributed by atoms with Crippen molar-refractivity contribution in [2.45, 2.75) is 56.9 Å². The van der Waals surface area contributed by atoms with Crippen molar-refractivity contribution in [3.63, 3.8) is 0 Å². The van der Waals surface area contributed by atoms with Crippen molar-refractivity contribution in [3.05, 3.63) is 24.3 Å². The number of anilines is 1. The first-order chi connectivity index (χ1) is 12.2. The molecule has 1 spiro atoms. The molecule has 26 heavy (non-hydrogen) atoms. The van der Waals surface area contributed by atoms with E-state index < -0.39 is 17.4 Å². The number of hydrogen-bond donors (Lipinski definition) is 1. The monoisotopic (exact) mass is 369 g/mol. The molecule has 0 radical (unpaired) electrons. The summed E-state index contributed by atoms with van der Waals surface area (Å²) in [4.78, 5) is 14.7. The van der Waals surface area contributed by atoms with E-state index in [1.165, 1.54) is 24.3 Å². The van der Waals surface area contributed by atoms with Gasteiger partial charge in [-0.15, -0.1) is 13.2 Å². The second-order valence-electron chi connectivity index (χ2n) is 7.91. The molecule has 0 unspecified atom stereocenters. The van der Waals surface area contributed by atoms with E-state index in [9.17, 15) is 23.1 Å². The second kappa shape index (κ2) is 5.87. The molecular weight excluding hydrogens is 347 g/mol. The molecule has 7 heteroatoms. The summed E-state index contributed by atoms with van der Waals surface area (Å²) in [5.74, 6) is 0.128. The number of amides is 1. The predicted octanol–water partition coefficient (Wildman–Crippen LogP) is 4.02. The molecular formula is C19H22F3NO3. The Balaban J connectivity index is 1.44. The molecule has 1 heterocycles. The lowest BCUT2D eigenvalue weighted by Crippen LogP contribution is -2.44. The van der Waals surface area contributed by atoms with Crippen LogP contribution in [0.4, 0.5) is 18.9 Å². The summed E-state index contributed by atoms with van der Waals surface area (Å²) in [5, 5.41) is 10.7. The van der Waals surface area contributed by atoms with Crippen LogP contribution in [0.3, 0.4) is 0 Å². The summed E-state index contributed by atoms with van der Waals surface area (Å²) in [5.41, 5.74) is -0.443. The number of carbonyl (C=O) groups is 1. The standard InChI is InChI=1S/C19H22F3NO3/c20-19(21,22)26-15-5-3-14(4-6-15)23-12-11-17(16(23)24)7-9-18(25,10-8-17)13-1-2-13/h3-6,13,25H,1-2,7-12H2/t17-,18-. The van der Waals surface area contributed by atoms with E-state index in [0.717, 1.165) is 19.3 Å². The lowest BCUT2D eigenvalue weighted by Gasteiger charge is -2.41. The molecule has 0 bridgehead atoms. The predicted molar refractivity (Wildman–Crippen MR) is 88.7 cm³/mol. The highest BCUT2D eigenvalue weighted by Gasteiger charge is 2.54. The molecule has 3 fully saturated rings. The number of halogens is 3. The fourth-order valence-corrected chi connectivity index (χ4v) is 4.55. The van der Waals surface area contributed by atoms with E-state index in [-0.39, 0.29) is 11.7 Å². The fraction of sp³-hybridized carbons (Fsp3) is 0.632. The number of aliphatic hydroxyl groups is 1. The Bertz CT molecular complexity index is 689. The van der Waals surface area contributed by atoms with Gasteiger partial charge in [0.2, 0.25) is 5.91 Å². The van der Waals surface area contributed by atoms with Crippen molar-refractivity contribution in [1.82, 2.24) is 0 Å².